The molecular formula is C27H35Cl2Zr-. The molecule has 0 N–H and O–H groups in total. The molecule has 3 heteroatoms. The van der Waals surface area contributed by atoms with Gasteiger partial charge in [0.25, 0.3) is 0 Å². The van der Waals surface area contributed by atoms with Gasteiger partial charge in [-0.15, -0.1) is 34.5 Å². The van der Waals surface area contributed by atoms with Crippen molar-refractivity contribution in [3.8, 4) is 11.1 Å². The van der Waals surface area contributed by atoms with Crippen LogP contribution in [0.5, 0.6) is 0 Å². The number of fused-ring (bicyclic) bond motifs is 1. The Hall–Kier alpha value is -0.487. The second kappa shape index (κ2) is 10.4. The van der Waals surface area contributed by atoms with Crippen LogP contribution in [0.25, 0.3) is 21.9 Å². The summed E-state index contributed by atoms with van der Waals surface area (Å²) in [6.07, 6.45) is 2.30. The van der Waals surface area contributed by atoms with Crippen LogP contribution in [-0.2, 0) is 38.1 Å². The van der Waals surface area contributed by atoms with E-state index in [-0.39, 0.29) is 10.8 Å². The van der Waals surface area contributed by atoms with Crippen molar-refractivity contribution < 1.29 is 20.8 Å². The first-order chi connectivity index (χ1) is 13.9. The molecule has 0 saturated carbocycles. The van der Waals surface area contributed by atoms with E-state index in [4.69, 9.17) is 17.0 Å². The Balaban J connectivity index is 0.00000101. The van der Waals surface area contributed by atoms with Crippen LogP contribution < -0.4 is 0 Å². The second-order valence-corrected chi connectivity index (χ2v) is 14.0. The first-order valence-electron chi connectivity index (χ1n) is 10.7. The van der Waals surface area contributed by atoms with Crippen LogP contribution in [0.4, 0.5) is 0 Å². The van der Waals surface area contributed by atoms with Crippen LogP contribution >= 0.6 is 17.0 Å². The molecule has 0 nitrogen and oxygen atoms in total. The van der Waals surface area contributed by atoms with E-state index in [1.807, 2.05) is 0 Å². The number of aryl methyl sites for hydroxylation is 2. The average Bonchev–Trinajstić information content (AvgIpc) is 3.01. The fourth-order valence-electron chi connectivity index (χ4n) is 3.93. The van der Waals surface area contributed by atoms with Crippen molar-refractivity contribution in [2.75, 3.05) is 0 Å². The molecule has 0 spiro atoms. The predicted molar refractivity (Wildman–Crippen MR) is 133 cm³/mol. The van der Waals surface area contributed by atoms with E-state index >= 15 is 0 Å². The molecule has 0 aromatic heterocycles. The van der Waals surface area contributed by atoms with Gasteiger partial charge in [0.2, 0.25) is 0 Å². The first-order valence-corrected chi connectivity index (χ1v) is 17.1. The fraction of sp³-hybridized carbons (Fsp3) is 0.444. The number of halogens is 2. The van der Waals surface area contributed by atoms with Crippen LogP contribution in [0, 0.1) is 6.92 Å². The zero-order valence-corrected chi connectivity index (χ0v) is 23.7. The van der Waals surface area contributed by atoms with E-state index in [2.05, 4.69) is 97.9 Å². The van der Waals surface area contributed by atoms with Crippen LogP contribution in [-0.4, -0.2) is 0 Å². The molecule has 3 rings (SSSR count). The SMILES string of the molecule is CCCc1ccc2[cH-]c(C)cc2c1-c1cc(C(C)(C)C)cc(C(C)(C)C)c1.[Cl][Zr][Cl]. The van der Waals surface area contributed by atoms with Gasteiger partial charge in [-0.2, -0.15) is 6.07 Å². The van der Waals surface area contributed by atoms with Gasteiger partial charge in [-0.3, -0.25) is 0 Å². The molecule has 0 unspecified atom stereocenters. The summed E-state index contributed by atoms with van der Waals surface area (Å²) in [5.74, 6) is 0. The van der Waals surface area contributed by atoms with Crippen molar-refractivity contribution in [3.05, 3.63) is 64.7 Å². The van der Waals surface area contributed by atoms with Crippen molar-refractivity contribution >= 4 is 27.8 Å². The quantitative estimate of drug-likeness (QED) is 0.301. The van der Waals surface area contributed by atoms with Gasteiger partial charge in [0.1, 0.15) is 0 Å². The second-order valence-electron chi connectivity index (χ2n) is 10.3. The third-order valence-electron chi connectivity index (χ3n) is 5.59. The fourth-order valence-corrected chi connectivity index (χ4v) is 3.93. The van der Waals surface area contributed by atoms with E-state index < -0.39 is 20.8 Å². The van der Waals surface area contributed by atoms with Gasteiger partial charge in [0.15, 0.2) is 0 Å². The molecule has 0 aliphatic rings. The first kappa shape index (κ1) is 25.8. The zero-order valence-electron chi connectivity index (χ0n) is 19.7. The van der Waals surface area contributed by atoms with Crippen molar-refractivity contribution in [2.24, 2.45) is 0 Å². The minimum absolute atomic E-state index is 0.136. The summed E-state index contributed by atoms with van der Waals surface area (Å²) < 4.78 is 0. The predicted octanol–water partition coefficient (Wildman–Crippen LogP) is 9.46. The van der Waals surface area contributed by atoms with E-state index in [9.17, 15) is 0 Å². The molecule has 3 aromatic rings. The normalized spacial score (nSPS) is 11.9. The van der Waals surface area contributed by atoms with Gasteiger partial charge in [-0.25, -0.2) is 0 Å². The Morgan fingerprint density at radius 1 is 0.867 bits per heavy atom. The summed E-state index contributed by atoms with van der Waals surface area (Å²) in [6.45, 7) is 18.4. The van der Waals surface area contributed by atoms with Crippen LogP contribution in [0.2, 0.25) is 0 Å². The van der Waals surface area contributed by atoms with E-state index in [1.54, 1.807) is 0 Å². The van der Waals surface area contributed by atoms with Crippen molar-refractivity contribution in [2.45, 2.75) is 79.1 Å². The average molecular weight is 522 g/mol. The third kappa shape index (κ3) is 6.28. The maximum atomic E-state index is 4.93. The molecular weight excluding hydrogens is 486 g/mol. The summed E-state index contributed by atoms with van der Waals surface area (Å²) in [7, 11) is 9.87. The summed E-state index contributed by atoms with van der Waals surface area (Å²) in [4.78, 5) is 0. The number of rotatable bonds is 3. The Morgan fingerprint density at radius 2 is 1.40 bits per heavy atom. The summed E-state index contributed by atoms with van der Waals surface area (Å²) in [5.41, 5.74) is 8.77. The van der Waals surface area contributed by atoms with Crippen LogP contribution in [0.1, 0.15) is 77.1 Å². The van der Waals surface area contributed by atoms with E-state index in [0.29, 0.717) is 0 Å². The third-order valence-corrected chi connectivity index (χ3v) is 5.59. The molecule has 0 aliphatic carbocycles. The van der Waals surface area contributed by atoms with Gasteiger partial charge >= 0.3 is 37.9 Å². The van der Waals surface area contributed by atoms with Gasteiger partial charge in [0.05, 0.1) is 0 Å². The molecule has 0 aliphatic heterocycles. The van der Waals surface area contributed by atoms with Gasteiger partial charge < -0.3 is 0 Å². The summed E-state index contributed by atoms with van der Waals surface area (Å²) in [5, 5.41) is 2.77. The molecule has 162 valence electrons. The van der Waals surface area contributed by atoms with Crippen LogP contribution in [0.15, 0.2) is 42.5 Å². The topological polar surface area (TPSA) is 0 Å². The van der Waals surface area contributed by atoms with Crippen molar-refractivity contribution in [3.63, 3.8) is 0 Å². The standard InChI is InChI=1S/C27H35.2ClH.Zr/c1-9-10-19-11-12-20-13-18(2)14-24(20)25(19)21-15-22(26(3,4)5)17-23(16-21)27(6,7)8;;;/h11-17H,9-10H2,1-8H3;2*1H;/q-1;;;+2/p-2. The molecule has 0 heterocycles. The molecule has 0 fully saturated rings. The zero-order chi connectivity index (χ0) is 22.7. The van der Waals surface area contributed by atoms with Crippen molar-refractivity contribution in [1.82, 2.24) is 0 Å². The van der Waals surface area contributed by atoms with Crippen molar-refractivity contribution in [1.29, 1.82) is 0 Å². The van der Waals surface area contributed by atoms with Crippen LogP contribution in [0.3, 0.4) is 0 Å². The molecule has 3 aromatic carbocycles. The minimum atomic E-state index is -0.826. The maximum absolute atomic E-state index is 4.93. The molecule has 0 saturated heterocycles. The molecule has 0 bridgehead atoms. The van der Waals surface area contributed by atoms with E-state index in [0.717, 1.165) is 6.42 Å². The molecule has 0 radical (unpaired) electrons. The molecule has 0 atom stereocenters. The molecule has 0 amide bonds. The summed E-state index contributed by atoms with van der Waals surface area (Å²) >= 11 is -0.826. The number of hydrogen-bond donors (Lipinski definition) is 0. The van der Waals surface area contributed by atoms with Gasteiger partial charge in [0, 0.05) is 0 Å². The number of hydrogen-bond acceptors (Lipinski definition) is 0. The Kier molecular flexibility index (Phi) is 8.95. The van der Waals surface area contributed by atoms with Gasteiger partial charge in [-0.1, -0.05) is 91.1 Å². The Bertz CT molecular complexity index is 952. The summed E-state index contributed by atoms with van der Waals surface area (Å²) in [6, 6.07) is 16.6. The Labute approximate surface area is 202 Å². The monoisotopic (exact) mass is 519 g/mol. The van der Waals surface area contributed by atoms with Gasteiger partial charge in [-0.05, 0) is 33.9 Å². The number of benzene rings is 2. The Morgan fingerprint density at radius 3 is 1.87 bits per heavy atom. The molecule has 30 heavy (non-hydrogen) atoms. The van der Waals surface area contributed by atoms with E-state index in [1.165, 1.54) is 50.6 Å².